The number of likely N-dealkylation sites (tertiary alicyclic amines) is 1. The molecule has 0 radical (unpaired) electrons. The number of piperidine rings is 1. The lowest BCUT2D eigenvalue weighted by molar-refractivity contribution is -0.135. The van der Waals surface area contributed by atoms with Gasteiger partial charge in [-0.2, -0.15) is 0 Å². The van der Waals surface area contributed by atoms with E-state index in [2.05, 4.69) is 10.3 Å². The van der Waals surface area contributed by atoms with Gasteiger partial charge in [0.15, 0.2) is 4.96 Å². The van der Waals surface area contributed by atoms with Gasteiger partial charge in [-0.1, -0.05) is 17.4 Å². The van der Waals surface area contributed by atoms with Gasteiger partial charge in [-0.25, -0.2) is 13.8 Å². The molecule has 7 nitrogen and oxygen atoms in total. The molecule has 0 saturated carbocycles. The molecule has 2 aromatic carbocycles. The number of ether oxygens (including phenoxy) is 1. The molecule has 2 fully saturated rings. The fourth-order valence-electron chi connectivity index (χ4n) is 5.20. The molecular weight excluding hydrogens is 510 g/mol. The summed E-state index contributed by atoms with van der Waals surface area (Å²) >= 11 is 1.44. The number of rotatable bonds is 7. The summed E-state index contributed by atoms with van der Waals surface area (Å²) in [5.74, 6) is -0.672. The average molecular weight is 541 g/mol. The predicted octanol–water partition coefficient (Wildman–Crippen LogP) is 5.53. The van der Waals surface area contributed by atoms with Crippen LogP contribution in [0, 0.1) is 5.82 Å². The first-order valence-corrected chi connectivity index (χ1v) is 13.8. The zero-order valence-electron chi connectivity index (χ0n) is 20.8. The van der Waals surface area contributed by atoms with Gasteiger partial charge in [0.2, 0.25) is 5.91 Å². The SMILES string of the molecule is O=C(NCCCN1CCC(F)CC1=O)c1ccc2c(c1)sc1nc(-c3ccc([C@H]4CCCO4)cc3F)cn12.[HH]. The number of alkyl halides is 1. The Hall–Kier alpha value is -3.37. The van der Waals surface area contributed by atoms with E-state index in [-0.39, 0.29) is 31.6 Å². The lowest BCUT2D eigenvalue weighted by Gasteiger charge is -2.28. The number of hydrogen-bond acceptors (Lipinski definition) is 5. The van der Waals surface area contributed by atoms with Crippen molar-refractivity contribution in [2.75, 3.05) is 26.2 Å². The second-order valence-corrected chi connectivity index (χ2v) is 10.9. The molecule has 0 aliphatic carbocycles. The molecule has 2 atom stereocenters. The maximum Gasteiger partial charge on any atom is 0.251 e. The lowest BCUT2D eigenvalue weighted by Crippen LogP contribution is -2.41. The first-order chi connectivity index (χ1) is 18.5. The van der Waals surface area contributed by atoms with E-state index in [1.807, 2.05) is 28.8 Å². The maximum absolute atomic E-state index is 15.0. The minimum atomic E-state index is -1.04. The van der Waals surface area contributed by atoms with E-state index >= 15 is 0 Å². The van der Waals surface area contributed by atoms with Crippen molar-refractivity contribution in [3.05, 3.63) is 59.5 Å². The van der Waals surface area contributed by atoms with Crippen LogP contribution in [0.25, 0.3) is 26.4 Å². The topological polar surface area (TPSA) is 75.9 Å². The molecule has 2 aliphatic rings. The monoisotopic (exact) mass is 540 g/mol. The molecule has 1 N–H and O–H groups in total. The van der Waals surface area contributed by atoms with Gasteiger partial charge in [0.05, 0.1) is 28.4 Å². The van der Waals surface area contributed by atoms with Crippen LogP contribution in [-0.4, -0.2) is 58.5 Å². The fraction of sp³-hybridized carbons (Fsp3) is 0.393. The molecular formula is C28H30F2N4O3S. The van der Waals surface area contributed by atoms with Crippen LogP contribution in [0.4, 0.5) is 8.78 Å². The Morgan fingerprint density at radius 2 is 2.13 bits per heavy atom. The molecule has 4 aromatic rings. The maximum atomic E-state index is 15.0. The number of carbonyl (C=O) groups is 2. The molecule has 2 saturated heterocycles. The fourth-order valence-corrected chi connectivity index (χ4v) is 6.25. The van der Waals surface area contributed by atoms with Crippen molar-refractivity contribution in [3.8, 4) is 11.3 Å². The minimum absolute atomic E-state index is 0. The van der Waals surface area contributed by atoms with Crippen molar-refractivity contribution < 1.29 is 24.5 Å². The number of thiazole rings is 1. The standard InChI is InChI=1S/C28H28F2N4O3S.H2/c29-19-8-11-33(26(35)15-19)10-2-9-31-27(36)18-5-7-23-25(14-18)38-28-32-22(16-34(23)28)20-6-4-17(13-21(20)30)24-3-1-12-37-24;/h4-7,13-14,16,19,24H,1-3,8-12,15H2,(H,31,36);1H/t19?,24-;/m1./s1. The number of aromatic nitrogens is 2. The van der Waals surface area contributed by atoms with Crippen LogP contribution in [0.2, 0.25) is 0 Å². The van der Waals surface area contributed by atoms with Crippen LogP contribution >= 0.6 is 11.3 Å². The predicted molar refractivity (Wildman–Crippen MR) is 144 cm³/mol. The van der Waals surface area contributed by atoms with Gasteiger partial charge in [-0.15, -0.1) is 0 Å². The Balaban J connectivity index is 0.00000308. The number of carbonyl (C=O) groups excluding carboxylic acids is 2. The van der Waals surface area contributed by atoms with Gasteiger partial charge in [-0.3, -0.25) is 14.0 Å². The molecule has 38 heavy (non-hydrogen) atoms. The van der Waals surface area contributed by atoms with Crippen LogP contribution in [0.5, 0.6) is 0 Å². The molecule has 0 spiro atoms. The number of amides is 2. The molecule has 2 aliphatic heterocycles. The molecule has 0 bridgehead atoms. The van der Waals surface area contributed by atoms with Crippen LogP contribution in [-0.2, 0) is 9.53 Å². The highest BCUT2D eigenvalue weighted by Crippen LogP contribution is 2.34. The lowest BCUT2D eigenvalue weighted by atomic mass is 10.0. The minimum Gasteiger partial charge on any atom is -0.374 e. The van der Waals surface area contributed by atoms with Gasteiger partial charge in [0, 0.05) is 45.0 Å². The van der Waals surface area contributed by atoms with Crippen molar-refractivity contribution in [3.63, 3.8) is 0 Å². The van der Waals surface area contributed by atoms with Crippen molar-refractivity contribution >= 4 is 38.3 Å². The summed E-state index contributed by atoms with van der Waals surface area (Å²) in [4.78, 5) is 31.6. The zero-order chi connectivity index (χ0) is 26.2. The van der Waals surface area contributed by atoms with E-state index in [1.54, 1.807) is 23.1 Å². The van der Waals surface area contributed by atoms with Crippen LogP contribution in [0.3, 0.4) is 0 Å². The zero-order valence-corrected chi connectivity index (χ0v) is 21.6. The highest BCUT2D eigenvalue weighted by molar-refractivity contribution is 7.23. The largest absolute Gasteiger partial charge is 0.374 e. The summed E-state index contributed by atoms with van der Waals surface area (Å²) in [6, 6.07) is 10.7. The molecule has 2 aromatic heterocycles. The number of halogens is 2. The Kier molecular flexibility index (Phi) is 6.84. The third kappa shape index (κ3) is 4.90. The van der Waals surface area contributed by atoms with Gasteiger partial charge >= 0.3 is 0 Å². The van der Waals surface area contributed by atoms with E-state index in [9.17, 15) is 18.4 Å². The second kappa shape index (κ2) is 10.4. The quantitative estimate of drug-likeness (QED) is 0.313. The van der Waals surface area contributed by atoms with Gasteiger partial charge in [0.25, 0.3) is 5.91 Å². The first-order valence-electron chi connectivity index (χ1n) is 13.0. The first kappa shape index (κ1) is 24.9. The molecule has 4 heterocycles. The number of hydrogen-bond donors (Lipinski definition) is 1. The molecule has 10 heteroatoms. The van der Waals surface area contributed by atoms with E-state index < -0.39 is 6.17 Å². The van der Waals surface area contributed by atoms with Crippen molar-refractivity contribution in [2.45, 2.75) is 44.4 Å². The third-order valence-corrected chi connectivity index (χ3v) is 8.30. The molecule has 200 valence electrons. The highest BCUT2D eigenvalue weighted by Gasteiger charge is 2.25. The van der Waals surface area contributed by atoms with E-state index in [0.29, 0.717) is 55.9 Å². The Bertz CT molecular complexity index is 1520. The normalized spacial score (nSPS) is 20.1. The summed E-state index contributed by atoms with van der Waals surface area (Å²) in [5, 5.41) is 2.90. The van der Waals surface area contributed by atoms with E-state index in [0.717, 1.165) is 33.6 Å². The van der Waals surface area contributed by atoms with E-state index in [4.69, 9.17) is 4.74 Å². The smallest absolute Gasteiger partial charge is 0.251 e. The van der Waals surface area contributed by atoms with Gasteiger partial charge < -0.3 is 15.0 Å². The molecule has 2 amide bonds. The number of nitrogens with zero attached hydrogens (tertiary/aromatic N) is 3. The van der Waals surface area contributed by atoms with Crippen molar-refractivity contribution in [1.29, 1.82) is 0 Å². The van der Waals surface area contributed by atoms with Crippen LogP contribution in [0.1, 0.15) is 55.6 Å². The van der Waals surface area contributed by atoms with Crippen molar-refractivity contribution in [1.82, 2.24) is 19.6 Å². The summed E-state index contributed by atoms with van der Waals surface area (Å²) in [6.45, 7) is 2.08. The Morgan fingerprint density at radius 1 is 1.24 bits per heavy atom. The molecule has 6 rings (SSSR count). The summed E-state index contributed by atoms with van der Waals surface area (Å²) in [6.07, 6.45) is 3.59. The number of fused-ring (bicyclic) bond motifs is 3. The Labute approximate surface area is 223 Å². The number of nitrogens with one attached hydrogen (secondary N) is 1. The molecule has 1 unspecified atom stereocenters. The third-order valence-electron chi connectivity index (χ3n) is 7.28. The van der Waals surface area contributed by atoms with Gasteiger partial charge in [-0.05, 0) is 61.6 Å². The number of benzene rings is 2. The summed E-state index contributed by atoms with van der Waals surface area (Å²) in [5.41, 5.74) is 3.29. The number of imidazole rings is 1. The van der Waals surface area contributed by atoms with Gasteiger partial charge in [0.1, 0.15) is 12.0 Å². The van der Waals surface area contributed by atoms with E-state index in [1.165, 1.54) is 11.3 Å². The van der Waals surface area contributed by atoms with Crippen molar-refractivity contribution in [2.24, 2.45) is 0 Å². The summed E-state index contributed by atoms with van der Waals surface area (Å²) in [7, 11) is 0. The highest BCUT2D eigenvalue weighted by atomic mass is 32.1. The second-order valence-electron chi connectivity index (χ2n) is 9.88. The van der Waals surface area contributed by atoms with Crippen LogP contribution in [0.15, 0.2) is 42.6 Å². The Morgan fingerprint density at radius 3 is 2.92 bits per heavy atom. The summed E-state index contributed by atoms with van der Waals surface area (Å²) < 4.78 is 36.8. The average Bonchev–Trinajstić information content (AvgIpc) is 3.64. The van der Waals surface area contributed by atoms with Crippen LogP contribution < -0.4 is 5.32 Å².